The lowest BCUT2D eigenvalue weighted by atomic mass is 10.0. The van der Waals surface area contributed by atoms with E-state index >= 15 is 0 Å². The van der Waals surface area contributed by atoms with Crippen molar-refractivity contribution in [3.8, 4) is 0 Å². The number of rotatable bonds is 5. The van der Waals surface area contributed by atoms with E-state index in [4.69, 9.17) is 4.74 Å². The quantitative estimate of drug-likeness (QED) is 0.832. The van der Waals surface area contributed by atoms with Gasteiger partial charge in [-0.3, -0.25) is 4.79 Å². The number of ether oxygens (including phenoxy) is 1. The molecule has 0 bridgehead atoms. The fraction of sp³-hybridized carbons (Fsp3) is 0.438. The molecule has 0 saturated carbocycles. The maximum Gasteiger partial charge on any atom is 0.253 e. The molecule has 1 amide bonds. The third kappa shape index (κ3) is 3.75. The normalized spacial score (nSPS) is 19.5. The summed E-state index contributed by atoms with van der Waals surface area (Å²) in [6, 6.07) is 7.13. The lowest BCUT2D eigenvalue weighted by Gasteiger charge is -2.27. The number of methoxy groups -OCH3 is 1. The van der Waals surface area contributed by atoms with Crippen molar-refractivity contribution < 1.29 is 17.9 Å². The van der Waals surface area contributed by atoms with Gasteiger partial charge in [0.25, 0.3) is 5.91 Å². The van der Waals surface area contributed by atoms with Crippen LogP contribution in [-0.2, 0) is 19.4 Å². The molecule has 0 unspecified atom stereocenters. The van der Waals surface area contributed by atoms with Crippen LogP contribution in [0, 0.1) is 0 Å². The van der Waals surface area contributed by atoms with Gasteiger partial charge in [0.1, 0.15) is 6.61 Å². The number of hydrogen-bond donors (Lipinski definition) is 0. The third-order valence-electron chi connectivity index (χ3n) is 3.62. The lowest BCUT2D eigenvalue weighted by molar-refractivity contribution is -0.122. The van der Waals surface area contributed by atoms with Crippen LogP contribution in [0.25, 0.3) is 0 Å². The Hall–Kier alpha value is -1.66. The zero-order valence-corrected chi connectivity index (χ0v) is 13.8. The molecule has 1 heterocycles. The van der Waals surface area contributed by atoms with Crippen LogP contribution in [-0.4, -0.2) is 39.8 Å². The van der Waals surface area contributed by atoms with Gasteiger partial charge < -0.3 is 9.64 Å². The summed E-state index contributed by atoms with van der Waals surface area (Å²) in [5, 5.41) is 1.17. The first kappa shape index (κ1) is 16.7. The van der Waals surface area contributed by atoms with Crippen molar-refractivity contribution in [2.24, 2.45) is 0 Å². The highest BCUT2D eigenvalue weighted by molar-refractivity contribution is 7.94. The Balaban J connectivity index is 2.32. The molecule has 1 aromatic rings. The van der Waals surface area contributed by atoms with Gasteiger partial charge in [0.05, 0.1) is 11.8 Å². The van der Waals surface area contributed by atoms with Crippen LogP contribution in [0.1, 0.15) is 25.3 Å². The first-order valence-corrected chi connectivity index (χ1v) is 8.87. The van der Waals surface area contributed by atoms with E-state index in [1.807, 2.05) is 24.3 Å². The van der Waals surface area contributed by atoms with Crippen LogP contribution in [0.15, 0.2) is 35.7 Å². The minimum absolute atomic E-state index is 0.0870. The van der Waals surface area contributed by atoms with Crippen molar-refractivity contribution in [3.05, 3.63) is 41.3 Å². The standard InChI is InChI=1S/C16H21NO4S/c1-12(2)13-4-6-14(7-5-13)17(16(18)10-21-3)15-8-9-22(19,20)11-15/h4-9,12,15H,10-11H2,1-3H3/t15-/m0/s1. The minimum Gasteiger partial charge on any atom is -0.375 e. The van der Waals surface area contributed by atoms with Crippen LogP contribution >= 0.6 is 0 Å². The molecule has 0 N–H and O–H groups in total. The Morgan fingerprint density at radius 3 is 2.41 bits per heavy atom. The molecule has 5 nitrogen and oxygen atoms in total. The van der Waals surface area contributed by atoms with E-state index in [-0.39, 0.29) is 18.3 Å². The smallest absolute Gasteiger partial charge is 0.253 e. The molecule has 0 saturated heterocycles. The van der Waals surface area contributed by atoms with E-state index in [9.17, 15) is 13.2 Å². The van der Waals surface area contributed by atoms with Crippen molar-refractivity contribution in [1.82, 2.24) is 0 Å². The summed E-state index contributed by atoms with van der Waals surface area (Å²) < 4.78 is 28.2. The van der Waals surface area contributed by atoms with Crippen LogP contribution in [0.3, 0.4) is 0 Å². The van der Waals surface area contributed by atoms with Crippen LogP contribution in [0.4, 0.5) is 5.69 Å². The fourth-order valence-electron chi connectivity index (χ4n) is 2.45. The average molecular weight is 323 g/mol. The van der Waals surface area contributed by atoms with Crippen molar-refractivity contribution in [1.29, 1.82) is 0 Å². The Morgan fingerprint density at radius 1 is 1.32 bits per heavy atom. The zero-order chi connectivity index (χ0) is 16.3. The summed E-state index contributed by atoms with van der Waals surface area (Å²) in [6.07, 6.45) is 1.55. The molecule has 1 aliphatic rings. The molecule has 0 spiro atoms. The second-order valence-corrected chi connectivity index (χ2v) is 7.60. The highest BCUT2D eigenvalue weighted by atomic mass is 32.2. The molecular weight excluding hydrogens is 302 g/mol. The van der Waals surface area contributed by atoms with Gasteiger partial charge in [-0.1, -0.05) is 26.0 Å². The fourth-order valence-corrected chi connectivity index (χ4v) is 3.72. The number of carbonyl (C=O) groups excluding carboxylic acids is 1. The molecule has 6 heteroatoms. The van der Waals surface area contributed by atoms with Gasteiger partial charge in [-0.2, -0.15) is 0 Å². The second kappa shape index (κ2) is 6.62. The van der Waals surface area contributed by atoms with E-state index in [1.54, 1.807) is 6.08 Å². The Morgan fingerprint density at radius 2 is 1.95 bits per heavy atom. The molecule has 1 aromatic carbocycles. The summed E-state index contributed by atoms with van der Waals surface area (Å²) in [7, 11) is -1.79. The number of carbonyl (C=O) groups is 1. The van der Waals surface area contributed by atoms with Gasteiger partial charge in [-0.15, -0.1) is 0 Å². The molecule has 0 fully saturated rings. The van der Waals surface area contributed by atoms with E-state index in [0.29, 0.717) is 11.6 Å². The van der Waals surface area contributed by atoms with Crippen molar-refractivity contribution in [2.75, 3.05) is 24.4 Å². The van der Waals surface area contributed by atoms with Gasteiger partial charge in [0.2, 0.25) is 0 Å². The van der Waals surface area contributed by atoms with Crippen LogP contribution < -0.4 is 4.90 Å². The van der Waals surface area contributed by atoms with Gasteiger partial charge in [0.15, 0.2) is 9.84 Å². The Labute approximate surface area is 131 Å². The molecule has 2 rings (SSSR count). The van der Waals surface area contributed by atoms with Crippen LogP contribution in [0.2, 0.25) is 0 Å². The van der Waals surface area contributed by atoms with Gasteiger partial charge in [-0.05, 0) is 29.7 Å². The van der Waals surface area contributed by atoms with Crippen molar-refractivity contribution in [2.45, 2.75) is 25.8 Å². The highest BCUT2D eigenvalue weighted by Crippen LogP contribution is 2.25. The first-order valence-electron chi connectivity index (χ1n) is 7.16. The third-order valence-corrected chi connectivity index (χ3v) is 5.00. The molecular formula is C16H21NO4S. The summed E-state index contributed by atoms with van der Waals surface area (Å²) in [5.74, 6) is 0.0458. The molecule has 0 aromatic heterocycles. The summed E-state index contributed by atoms with van der Waals surface area (Å²) in [6.45, 7) is 4.10. The summed E-state index contributed by atoms with van der Waals surface area (Å²) in [5.41, 5.74) is 1.84. The number of hydrogen-bond acceptors (Lipinski definition) is 4. The Kier molecular flexibility index (Phi) is 5.03. The van der Waals surface area contributed by atoms with Crippen LogP contribution in [0.5, 0.6) is 0 Å². The largest absolute Gasteiger partial charge is 0.375 e. The molecule has 0 aliphatic carbocycles. The Bertz CT molecular complexity index is 662. The van der Waals surface area contributed by atoms with Crippen molar-refractivity contribution >= 4 is 21.4 Å². The highest BCUT2D eigenvalue weighted by Gasteiger charge is 2.31. The maximum atomic E-state index is 12.3. The van der Waals surface area contributed by atoms with E-state index in [2.05, 4.69) is 13.8 Å². The van der Waals surface area contributed by atoms with E-state index in [0.717, 1.165) is 5.56 Å². The summed E-state index contributed by atoms with van der Waals surface area (Å²) >= 11 is 0. The second-order valence-electron chi connectivity index (χ2n) is 5.67. The van der Waals surface area contributed by atoms with Gasteiger partial charge >= 0.3 is 0 Å². The zero-order valence-electron chi connectivity index (χ0n) is 13.0. The number of sulfone groups is 1. The minimum atomic E-state index is -3.23. The van der Waals surface area contributed by atoms with E-state index in [1.165, 1.54) is 17.4 Å². The SMILES string of the molecule is COCC(=O)N(c1ccc(C(C)C)cc1)[C@H]1C=CS(=O)(=O)C1. The summed E-state index contributed by atoms with van der Waals surface area (Å²) in [4.78, 5) is 13.8. The predicted molar refractivity (Wildman–Crippen MR) is 86.6 cm³/mol. The van der Waals surface area contributed by atoms with Gasteiger partial charge in [-0.25, -0.2) is 8.42 Å². The number of benzene rings is 1. The average Bonchev–Trinajstić information content (AvgIpc) is 2.80. The molecule has 1 atom stereocenters. The van der Waals surface area contributed by atoms with E-state index < -0.39 is 15.9 Å². The molecule has 22 heavy (non-hydrogen) atoms. The molecule has 120 valence electrons. The maximum absolute atomic E-state index is 12.3. The lowest BCUT2D eigenvalue weighted by Crippen LogP contribution is -2.43. The monoisotopic (exact) mass is 323 g/mol. The molecule has 1 aliphatic heterocycles. The topological polar surface area (TPSA) is 63.7 Å². The predicted octanol–water partition coefficient (Wildman–Crippen LogP) is 2.10. The van der Waals surface area contributed by atoms with Gasteiger partial charge in [0, 0.05) is 18.2 Å². The molecule has 0 radical (unpaired) electrons. The number of amides is 1. The number of anilines is 1. The number of nitrogens with zero attached hydrogens (tertiary/aromatic N) is 1. The first-order chi connectivity index (χ1) is 10.3. The van der Waals surface area contributed by atoms with Crippen molar-refractivity contribution in [3.63, 3.8) is 0 Å².